The maximum atomic E-state index is 13.1. The van der Waals surface area contributed by atoms with E-state index in [-0.39, 0.29) is 23.4 Å². The summed E-state index contributed by atoms with van der Waals surface area (Å²) in [7, 11) is 4.17. The molecule has 0 radical (unpaired) electrons. The summed E-state index contributed by atoms with van der Waals surface area (Å²) < 4.78 is 13.1. The van der Waals surface area contributed by atoms with Gasteiger partial charge in [0.2, 0.25) is 5.91 Å². The van der Waals surface area contributed by atoms with E-state index in [4.69, 9.17) is 0 Å². The van der Waals surface area contributed by atoms with Crippen molar-refractivity contribution < 1.29 is 9.18 Å². The molecule has 5 heteroatoms. The third-order valence-corrected chi connectivity index (χ3v) is 4.96. The zero-order chi connectivity index (χ0) is 15.0. The van der Waals surface area contributed by atoms with E-state index in [9.17, 15) is 9.18 Å². The van der Waals surface area contributed by atoms with Gasteiger partial charge in [0.1, 0.15) is 12.0 Å². The molecule has 4 nitrogen and oxygen atoms in total. The Morgan fingerprint density at radius 3 is 2.52 bits per heavy atom. The van der Waals surface area contributed by atoms with Crippen LogP contribution in [-0.4, -0.2) is 48.4 Å². The zero-order valence-electron chi connectivity index (χ0n) is 12.6. The van der Waals surface area contributed by atoms with Crippen molar-refractivity contribution in [1.82, 2.24) is 15.1 Å². The molecule has 2 aliphatic rings. The Bertz CT molecular complexity index is 525. The maximum absolute atomic E-state index is 13.1. The molecular formula is C16H22FN3O. The zero-order valence-corrected chi connectivity index (χ0v) is 12.6. The lowest BCUT2D eigenvalue weighted by atomic mass is 9.75. The minimum absolute atomic E-state index is 0.0972. The van der Waals surface area contributed by atoms with E-state index in [1.165, 1.54) is 18.6 Å². The van der Waals surface area contributed by atoms with Crippen molar-refractivity contribution in [2.45, 2.75) is 31.0 Å². The van der Waals surface area contributed by atoms with E-state index in [1.807, 2.05) is 4.90 Å². The summed E-state index contributed by atoms with van der Waals surface area (Å²) in [5.41, 5.74) is 1.04. The van der Waals surface area contributed by atoms with Gasteiger partial charge in [-0.15, -0.1) is 0 Å². The Morgan fingerprint density at radius 1 is 1.33 bits per heavy atom. The second-order valence-electron chi connectivity index (χ2n) is 6.33. The van der Waals surface area contributed by atoms with Gasteiger partial charge in [0.15, 0.2) is 0 Å². The highest BCUT2D eigenvalue weighted by molar-refractivity contribution is 5.81. The fraction of sp³-hybridized carbons (Fsp3) is 0.562. The number of nitrogens with one attached hydrogen (secondary N) is 1. The van der Waals surface area contributed by atoms with Crippen molar-refractivity contribution in [3.05, 3.63) is 35.6 Å². The van der Waals surface area contributed by atoms with Crippen molar-refractivity contribution in [3.8, 4) is 0 Å². The van der Waals surface area contributed by atoms with Crippen LogP contribution in [0.3, 0.4) is 0 Å². The average Bonchev–Trinajstić information content (AvgIpc) is 2.75. The summed E-state index contributed by atoms with van der Waals surface area (Å²) in [5.74, 6) is -0.129. The van der Waals surface area contributed by atoms with Crippen LogP contribution in [0.15, 0.2) is 24.3 Å². The Labute approximate surface area is 124 Å². The highest BCUT2D eigenvalue weighted by atomic mass is 19.1. The van der Waals surface area contributed by atoms with E-state index in [0.29, 0.717) is 6.54 Å². The molecule has 1 aromatic carbocycles. The molecule has 1 unspecified atom stereocenters. The summed E-state index contributed by atoms with van der Waals surface area (Å²) >= 11 is 0. The summed E-state index contributed by atoms with van der Waals surface area (Å²) in [6, 6.07) is 6.40. The maximum Gasteiger partial charge on any atom is 0.238 e. The lowest BCUT2D eigenvalue weighted by Crippen LogP contribution is -2.58. The normalized spacial score (nSPS) is 24.5. The first kappa shape index (κ1) is 14.5. The van der Waals surface area contributed by atoms with E-state index in [1.54, 1.807) is 12.1 Å². The summed E-state index contributed by atoms with van der Waals surface area (Å²) in [6.45, 7) is 1.08. The van der Waals surface area contributed by atoms with Gasteiger partial charge in [0, 0.05) is 12.1 Å². The summed E-state index contributed by atoms with van der Waals surface area (Å²) in [5, 5.41) is 3.24. The molecule has 1 saturated heterocycles. The molecule has 114 valence electrons. The molecule has 0 aromatic heterocycles. The molecule has 0 spiro atoms. The van der Waals surface area contributed by atoms with Crippen molar-refractivity contribution in [3.63, 3.8) is 0 Å². The number of likely N-dealkylation sites (N-methyl/N-ethyl adjacent to an activating group) is 1. The lowest BCUT2D eigenvalue weighted by molar-refractivity contribution is -0.131. The fourth-order valence-electron chi connectivity index (χ4n) is 3.31. The van der Waals surface area contributed by atoms with Crippen molar-refractivity contribution >= 4 is 5.91 Å². The number of benzene rings is 1. The predicted octanol–water partition coefficient (Wildman–Crippen LogP) is 1.74. The van der Waals surface area contributed by atoms with Gasteiger partial charge in [0.05, 0.1) is 6.54 Å². The van der Waals surface area contributed by atoms with Crippen molar-refractivity contribution in [1.29, 1.82) is 0 Å². The molecule has 1 aliphatic heterocycles. The first-order valence-electron chi connectivity index (χ1n) is 7.48. The summed E-state index contributed by atoms with van der Waals surface area (Å²) in [4.78, 5) is 16.4. The van der Waals surface area contributed by atoms with Crippen LogP contribution >= 0.6 is 0 Å². The molecule has 2 fully saturated rings. The lowest BCUT2D eigenvalue weighted by Gasteiger charge is -2.50. The van der Waals surface area contributed by atoms with Gasteiger partial charge in [-0.25, -0.2) is 4.39 Å². The van der Waals surface area contributed by atoms with E-state index in [0.717, 1.165) is 24.9 Å². The summed E-state index contributed by atoms with van der Waals surface area (Å²) in [6.07, 6.45) is 3.32. The van der Waals surface area contributed by atoms with E-state index < -0.39 is 0 Å². The quantitative estimate of drug-likeness (QED) is 0.918. The van der Waals surface area contributed by atoms with Gasteiger partial charge in [-0.05, 0) is 51.1 Å². The fourth-order valence-corrected chi connectivity index (χ4v) is 3.31. The molecule has 21 heavy (non-hydrogen) atoms. The van der Waals surface area contributed by atoms with Crippen molar-refractivity contribution in [2.24, 2.45) is 0 Å². The molecule has 1 saturated carbocycles. The smallest absolute Gasteiger partial charge is 0.238 e. The highest BCUT2D eigenvalue weighted by Crippen LogP contribution is 2.39. The number of amides is 1. The monoisotopic (exact) mass is 291 g/mol. The third-order valence-electron chi connectivity index (χ3n) is 4.96. The van der Waals surface area contributed by atoms with Crippen LogP contribution in [0, 0.1) is 5.82 Å². The van der Waals surface area contributed by atoms with Crippen molar-refractivity contribution in [2.75, 3.05) is 27.2 Å². The Morgan fingerprint density at radius 2 is 2.00 bits per heavy atom. The third kappa shape index (κ3) is 2.56. The predicted molar refractivity (Wildman–Crippen MR) is 79.1 cm³/mol. The molecule has 1 atom stereocenters. The van der Waals surface area contributed by atoms with E-state index in [2.05, 4.69) is 24.3 Å². The number of carbonyl (C=O) groups excluding carboxylic acids is 1. The van der Waals surface area contributed by atoms with E-state index >= 15 is 0 Å². The number of nitrogens with zero attached hydrogens (tertiary/aromatic N) is 2. The molecule has 1 aliphatic carbocycles. The Hall–Kier alpha value is -1.46. The first-order valence-corrected chi connectivity index (χ1v) is 7.48. The minimum Gasteiger partial charge on any atom is -0.320 e. The van der Waals surface area contributed by atoms with Crippen LogP contribution < -0.4 is 5.32 Å². The van der Waals surface area contributed by atoms with Gasteiger partial charge >= 0.3 is 0 Å². The molecule has 0 bridgehead atoms. The molecule has 1 amide bonds. The van der Waals surface area contributed by atoms with Gasteiger partial charge in [0.25, 0.3) is 0 Å². The second kappa shape index (κ2) is 5.39. The number of hydrogen-bond acceptors (Lipinski definition) is 3. The SMILES string of the molecule is CN(C)C1(CN2C(=O)CNC2c2ccc(F)cc2)CCC1. The second-order valence-corrected chi connectivity index (χ2v) is 6.33. The average molecular weight is 291 g/mol. The topological polar surface area (TPSA) is 35.6 Å². The minimum atomic E-state index is -0.252. The molecule has 1 aromatic rings. The number of hydrogen-bond donors (Lipinski definition) is 1. The number of carbonyl (C=O) groups is 1. The number of rotatable bonds is 4. The van der Waals surface area contributed by atoms with Crippen LogP contribution in [0.1, 0.15) is 31.0 Å². The van der Waals surface area contributed by atoms with Crippen LogP contribution in [0.25, 0.3) is 0 Å². The standard InChI is InChI=1S/C16H22FN3O/c1-19(2)16(8-3-9-16)11-20-14(21)10-18-15(20)12-4-6-13(17)7-5-12/h4-7,15,18H,3,8-11H2,1-2H3. The molecule has 1 N–H and O–H groups in total. The molecular weight excluding hydrogens is 269 g/mol. The Kier molecular flexibility index (Phi) is 3.71. The molecule has 3 rings (SSSR count). The number of halogens is 1. The van der Waals surface area contributed by atoms with Gasteiger partial charge in [-0.3, -0.25) is 10.1 Å². The van der Waals surface area contributed by atoms with Gasteiger partial charge < -0.3 is 9.80 Å². The van der Waals surface area contributed by atoms with Gasteiger partial charge in [-0.2, -0.15) is 0 Å². The molecule has 1 heterocycles. The largest absolute Gasteiger partial charge is 0.320 e. The van der Waals surface area contributed by atoms with Crippen LogP contribution in [0.4, 0.5) is 4.39 Å². The van der Waals surface area contributed by atoms with Crippen LogP contribution in [0.2, 0.25) is 0 Å². The van der Waals surface area contributed by atoms with Gasteiger partial charge in [-0.1, -0.05) is 12.1 Å². The van der Waals surface area contributed by atoms with Crippen LogP contribution in [-0.2, 0) is 4.79 Å². The highest BCUT2D eigenvalue weighted by Gasteiger charge is 2.44. The first-order chi connectivity index (χ1) is 10.0. The Balaban J connectivity index is 1.81. The van der Waals surface area contributed by atoms with Crippen LogP contribution in [0.5, 0.6) is 0 Å².